The van der Waals surface area contributed by atoms with Crippen molar-refractivity contribution < 1.29 is 22.3 Å². The Morgan fingerprint density at radius 1 is 1.25 bits per heavy atom. The number of nitrogens with zero attached hydrogens (tertiary/aromatic N) is 3. The van der Waals surface area contributed by atoms with Crippen LogP contribution in [0.2, 0.25) is 0 Å². The van der Waals surface area contributed by atoms with Crippen LogP contribution in [0.1, 0.15) is 51.8 Å². The van der Waals surface area contributed by atoms with Gasteiger partial charge in [-0.05, 0) is 44.4 Å². The van der Waals surface area contributed by atoms with E-state index in [0.717, 1.165) is 12.8 Å². The van der Waals surface area contributed by atoms with Crippen molar-refractivity contribution in [3.8, 4) is 0 Å². The van der Waals surface area contributed by atoms with E-state index in [1.165, 1.54) is 30.5 Å². The van der Waals surface area contributed by atoms with Crippen molar-refractivity contribution in [2.45, 2.75) is 76.7 Å². The average Bonchev–Trinajstić information content (AvgIpc) is 3.37. The van der Waals surface area contributed by atoms with Crippen molar-refractivity contribution in [1.29, 1.82) is 0 Å². The van der Waals surface area contributed by atoms with Gasteiger partial charge in [0.25, 0.3) is 0 Å². The largest absolute Gasteiger partial charge is 0.376 e. The van der Waals surface area contributed by atoms with Gasteiger partial charge in [0.15, 0.2) is 0 Å². The van der Waals surface area contributed by atoms with E-state index in [9.17, 15) is 17.6 Å². The third-order valence-corrected chi connectivity index (χ3v) is 7.19. The van der Waals surface area contributed by atoms with Gasteiger partial charge >= 0.3 is 0 Å². The smallest absolute Gasteiger partial charge is 0.228 e. The van der Waals surface area contributed by atoms with Gasteiger partial charge < -0.3 is 14.2 Å². The van der Waals surface area contributed by atoms with Crippen LogP contribution in [-0.4, -0.2) is 47.5 Å². The lowest BCUT2D eigenvalue weighted by atomic mass is 10.1. The second-order valence-corrected chi connectivity index (χ2v) is 10.8. The highest BCUT2D eigenvalue weighted by Gasteiger charge is 2.29. The van der Waals surface area contributed by atoms with Gasteiger partial charge in [0.2, 0.25) is 20.9 Å². The molecule has 2 heterocycles. The van der Waals surface area contributed by atoms with Gasteiger partial charge in [-0.1, -0.05) is 26.0 Å². The second kappa shape index (κ2) is 10.1. The summed E-state index contributed by atoms with van der Waals surface area (Å²) >= 11 is 0. The third kappa shape index (κ3) is 5.75. The normalized spacial score (nSPS) is 16.8. The molecule has 1 atom stereocenters. The second-order valence-electron chi connectivity index (χ2n) is 8.88. The zero-order valence-corrected chi connectivity index (χ0v) is 19.9. The number of hydrogen-bond donors (Lipinski definition) is 0. The number of hydrogen-bond acceptors (Lipinski definition) is 5. The molecule has 0 spiro atoms. The van der Waals surface area contributed by atoms with Gasteiger partial charge in [-0.15, -0.1) is 0 Å². The maximum absolute atomic E-state index is 13.3. The van der Waals surface area contributed by atoms with E-state index >= 15 is 0 Å². The van der Waals surface area contributed by atoms with E-state index in [1.54, 1.807) is 9.47 Å². The predicted molar refractivity (Wildman–Crippen MR) is 119 cm³/mol. The molecule has 3 rings (SSSR count). The van der Waals surface area contributed by atoms with Crippen LogP contribution in [0.15, 0.2) is 35.6 Å². The van der Waals surface area contributed by atoms with Crippen molar-refractivity contribution in [1.82, 2.24) is 14.5 Å². The molecule has 9 heteroatoms. The first kappa shape index (κ1) is 24.4. The van der Waals surface area contributed by atoms with Gasteiger partial charge in [0.05, 0.1) is 36.8 Å². The van der Waals surface area contributed by atoms with Crippen molar-refractivity contribution in [3.63, 3.8) is 0 Å². The van der Waals surface area contributed by atoms with E-state index in [4.69, 9.17) is 4.74 Å². The summed E-state index contributed by atoms with van der Waals surface area (Å²) in [5.41, 5.74) is 1.14. The topological polar surface area (TPSA) is 81.5 Å². The monoisotopic (exact) mass is 465 g/mol. The van der Waals surface area contributed by atoms with Crippen LogP contribution in [0.25, 0.3) is 0 Å². The molecule has 0 aliphatic carbocycles. The summed E-state index contributed by atoms with van der Waals surface area (Å²) in [5.74, 6) is -0.875. The highest BCUT2D eigenvalue weighted by molar-refractivity contribution is 7.90. The maximum atomic E-state index is 13.3. The Morgan fingerprint density at radius 2 is 1.94 bits per heavy atom. The zero-order valence-electron chi connectivity index (χ0n) is 19.1. The molecule has 0 saturated carbocycles. The molecule has 0 N–H and O–H groups in total. The number of carbonyl (C=O) groups is 1. The number of ether oxygens (including phenoxy) is 1. The molecule has 1 aromatic heterocycles. The van der Waals surface area contributed by atoms with E-state index < -0.39 is 15.7 Å². The number of imidazole rings is 1. The molecule has 1 saturated heterocycles. The maximum Gasteiger partial charge on any atom is 0.228 e. The Kier molecular flexibility index (Phi) is 7.71. The van der Waals surface area contributed by atoms with Gasteiger partial charge in [0.1, 0.15) is 5.82 Å². The summed E-state index contributed by atoms with van der Waals surface area (Å²) in [6, 6.07) is 5.36. The van der Waals surface area contributed by atoms with Crippen LogP contribution < -0.4 is 0 Å². The Labute approximate surface area is 189 Å². The fraction of sp³-hybridized carbons (Fsp3) is 0.565. The van der Waals surface area contributed by atoms with Crippen molar-refractivity contribution in [3.05, 3.63) is 47.5 Å². The summed E-state index contributed by atoms with van der Waals surface area (Å²) in [6.07, 6.45) is 3.20. The summed E-state index contributed by atoms with van der Waals surface area (Å²) in [5, 5.41) is -0.0481. The standard InChI is InChI=1S/C23H32FN3O4S/c1-16(2)22(28)26(17(3)4)13-20-12-25-23(27(20)14-21-6-5-11-31-21)32(29,30)15-18-7-9-19(24)10-8-18/h7-10,12,16-17,21H,5-6,11,13-15H2,1-4H3. The molecule has 1 aliphatic rings. The lowest BCUT2D eigenvalue weighted by Gasteiger charge is -2.29. The molecule has 0 bridgehead atoms. The van der Waals surface area contributed by atoms with Gasteiger partial charge in [-0.3, -0.25) is 4.79 Å². The van der Waals surface area contributed by atoms with Crippen LogP contribution in [-0.2, 0) is 38.2 Å². The number of benzene rings is 1. The van der Waals surface area contributed by atoms with E-state index in [1.807, 2.05) is 27.7 Å². The predicted octanol–water partition coefficient (Wildman–Crippen LogP) is 3.57. The molecular formula is C23H32FN3O4S. The lowest BCUT2D eigenvalue weighted by molar-refractivity contribution is -0.137. The fourth-order valence-corrected chi connectivity index (χ4v) is 5.34. The molecule has 0 radical (unpaired) electrons. The summed E-state index contributed by atoms with van der Waals surface area (Å²) in [6.45, 7) is 8.84. The third-order valence-electron chi connectivity index (χ3n) is 5.59. The first-order chi connectivity index (χ1) is 15.1. The number of sulfone groups is 1. The number of halogens is 1. The van der Waals surface area contributed by atoms with Crippen LogP contribution in [0.3, 0.4) is 0 Å². The molecular weight excluding hydrogens is 433 g/mol. The molecule has 1 amide bonds. The summed E-state index contributed by atoms with van der Waals surface area (Å²) in [7, 11) is -3.80. The molecule has 1 unspecified atom stereocenters. The number of rotatable bonds is 9. The molecule has 1 fully saturated rings. The van der Waals surface area contributed by atoms with Crippen molar-refractivity contribution in [2.24, 2.45) is 5.92 Å². The van der Waals surface area contributed by atoms with E-state index in [-0.39, 0.29) is 41.4 Å². The minimum absolute atomic E-state index is 0.000542. The lowest BCUT2D eigenvalue weighted by Crippen LogP contribution is -2.39. The minimum atomic E-state index is -3.80. The van der Waals surface area contributed by atoms with Crippen LogP contribution in [0, 0.1) is 11.7 Å². The number of aromatic nitrogens is 2. The molecule has 1 aromatic carbocycles. The Bertz CT molecular complexity index is 1030. The highest BCUT2D eigenvalue weighted by Crippen LogP contribution is 2.23. The van der Waals surface area contributed by atoms with E-state index in [2.05, 4.69) is 4.98 Å². The quantitative estimate of drug-likeness (QED) is 0.566. The average molecular weight is 466 g/mol. The molecule has 176 valence electrons. The Hall–Kier alpha value is -2.26. The van der Waals surface area contributed by atoms with Gasteiger partial charge in [-0.2, -0.15) is 0 Å². The van der Waals surface area contributed by atoms with Crippen LogP contribution >= 0.6 is 0 Å². The van der Waals surface area contributed by atoms with Crippen molar-refractivity contribution >= 4 is 15.7 Å². The molecule has 2 aromatic rings. The first-order valence-corrected chi connectivity index (χ1v) is 12.7. The summed E-state index contributed by atoms with van der Waals surface area (Å²) < 4.78 is 47.2. The first-order valence-electron chi connectivity index (χ1n) is 11.0. The van der Waals surface area contributed by atoms with Gasteiger partial charge in [0, 0.05) is 18.6 Å². The number of carbonyl (C=O) groups excluding carboxylic acids is 1. The highest BCUT2D eigenvalue weighted by atomic mass is 32.2. The van der Waals surface area contributed by atoms with E-state index in [0.29, 0.717) is 24.4 Å². The van der Waals surface area contributed by atoms with Crippen LogP contribution in [0.5, 0.6) is 0 Å². The number of amides is 1. The van der Waals surface area contributed by atoms with Crippen LogP contribution in [0.4, 0.5) is 4.39 Å². The molecule has 1 aliphatic heterocycles. The SMILES string of the molecule is CC(C)C(=O)N(Cc1cnc(S(=O)(=O)Cc2ccc(F)cc2)n1CC1CCCO1)C(C)C. The Morgan fingerprint density at radius 3 is 2.50 bits per heavy atom. The summed E-state index contributed by atoms with van der Waals surface area (Å²) in [4.78, 5) is 18.7. The zero-order chi connectivity index (χ0) is 23.5. The van der Waals surface area contributed by atoms with Gasteiger partial charge in [-0.25, -0.2) is 17.8 Å². The Balaban J connectivity index is 1.95. The fourth-order valence-electron chi connectivity index (χ4n) is 3.84. The minimum Gasteiger partial charge on any atom is -0.376 e. The molecule has 32 heavy (non-hydrogen) atoms. The van der Waals surface area contributed by atoms with Crippen molar-refractivity contribution in [2.75, 3.05) is 6.61 Å². The molecule has 7 nitrogen and oxygen atoms in total.